The van der Waals surface area contributed by atoms with E-state index in [-0.39, 0.29) is 0 Å². The summed E-state index contributed by atoms with van der Waals surface area (Å²) < 4.78 is 0. The Morgan fingerprint density at radius 3 is 2.69 bits per heavy atom. The van der Waals surface area contributed by atoms with Crippen molar-refractivity contribution in [3.05, 3.63) is 78.1 Å². The second-order valence-corrected chi connectivity index (χ2v) is 10.2. The predicted molar refractivity (Wildman–Crippen MR) is 144 cm³/mol. The van der Waals surface area contributed by atoms with Gasteiger partial charge >= 0.3 is 0 Å². The molecule has 0 bridgehead atoms. The van der Waals surface area contributed by atoms with Gasteiger partial charge in [0.15, 0.2) is 0 Å². The number of nitrogens with one attached hydrogen (secondary N) is 2. The number of hydrogen-bond acceptors (Lipinski definition) is 6. The average Bonchev–Trinajstić information content (AvgIpc) is 3.54. The number of nitrogens with zero attached hydrogens (tertiary/aromatic N) is 4. The first kappa shape index (κ1) is 21.8. The van der Waals surface area contributed by atoms with Crippen molar-refractivity contribution in [2.24, 2.45) is 0 Å². The summed E-state index contributed by atoms with van der Waals surface area (Å²) in [5.74, 6) is 0. The largest absolute Gasteiger partial charge is 0.361 e. The second kappa shape index (κ2) is 9.16. The summed E-state index contributed by atoms with van der Waals surface area (Å²) in [7, 11) is 2.19. The first-order chi connectivity index (χ1) is 17.2. The summed E-state index contributed by atoms with van der Waals surface area (Å²) in [4.78, 5) is 14.8. The third kappa shape index (κ3) is 4.28. The zero-order chi connectivity index (χ0) is 23.8. The molecule has 7 heteroatoms. The van der Waals surface area contributed by atoms with E-state index in [9.17, 15) is 5.26 Å². The number of hydrogen-bond donors (Lipinski definition) is 2. The van der Waals surface area contributed by atoms with Gasteiger partial charge in [0.2, 0.25) is 0 Å². The zero-order valence-corrected chi connectivity index (χ0v) is 20.4. The van der Waals surface area contributed by atoms with E-state index in [2.05, 4.69) is 68.5 Å². The Bertz CT molecular complexity index is 1530. The van der Waals surface area contributed by atoms with Crippen LogP contribution in [0.4, 0.5) is 11.4 Å². The summed E-state index contributed by atoms with van der Waals surface area (Å²) in [6.45, 7) is 5.49. The number of nitriles is 1. The normalized spacial score (nSPS) is 15.0. The zero-order valence-electron chi connectivity index (χ0n) is 19.6. The number of thiophene rings is 1. The highest BCUT2D eigenvalue weighted by atomic mass is 32.1. The summed E-state index contributed by atoms with van der Waals surface area (Å²) in [6.07, 6.45) is 3.60. The van der Waals surface area contributed by atoms with Crippen molar-refractivity contribution in [1.29, 1.82) is 5.26 Å². The molecule has 6 rings (SSSR count). The van der Waals surface area contributed by atoms with Crippen LogP contribution in [0.25, 0.3) is 31.6 Å². The molecular weight excluding hydrogens is 452 g/mol. The highest BCUT2D eigenvalue weighted by molar-refractivity contribution is 7.21. The van der Waals surface area contributed by atoms with Crippen LogP contribution in [-0.2, 0) is 6.54 Å². The molecule has 0 unspecified atom stereocenters. The van der Waals surface area contributed by atoms with Crippen LogP contribution in [0.15, 0.2) is 67.0 Å². The van der Waals surface area contributed by atoms with Gasteiger partial charge in [-0.05, 0) is 42.4 Å². The molecule has 1 aliphatic rings. The van der Waals surface area contributed by atoms with Crippen molar-refractivity contribution in [2.45, 2.75) is 6.54 Å². The minimum atomic E-state index is 0.539. The maximum Gasteiger partial charge on any atom is 0.126 e. The van der Waals surface area contributed by atoms with Crippen molar-refractivity contribution in [3.8, 4) is 16.5 Å². The quantitative estimate of drug-likeness (QED) is 0.334. The van der Waals surface area contributed by atoms with Crippen molar-refractivity contribution in [1.82, 2.24) is 19.8 Å². The third-order valence-corrected chi connectivity index (χ3v) is 7.87. The van der Waals surface area contributed by atoms with E-state index in [1.807, 2.05) is 30.5 Å². The first-order valence-electron chi connectivity index (χ1n) is 11.8. The van der Waals surface area contributed by atoms with Crippen LogP contribution in [0.1, 0.15) is 11.1 Å². The molecule has 0 radical (unpaired) electrons. The number of rotatable bonds is 5. The number of likely N-dealkylation sites (N-methyl/N-ethyl adjacent to an activating group) is 1. The molecule has 5 aromatic rings. The minimum Gasteiger partial charge on any atom is -0.361 e. The molecule has 2 aromatic carbocycles. The van der Waals surface area contributed by atoms with Crippen LogP contribution in [0, 0.1) is 11.3 Å². The van der Waals surface area contributed by atoms with E-state index in [1.165, 1.54) is 11.1 Å². The molecule has 174 valence electrons. The molecule has 0 amide bonds. The van der Waals surface area contributed by atoms with Gasteiger partial charge in [0.25, 0.3) is 0 Å². The van der Waals surface area contributed by atoms with Crippen molar-refractivity contribution < 1.29 is 0 Å². The van der Waals surface area contributed by atoms with Gasteiger partial charge in [-0.1, -0.05) is 30.3 Å². The number of piperazine rings is 1. The van der Waals surface area contributed by atoms with Gasteiger partial charge in [0.05, 0.1) is 11.3 Å². The number of anilines is 2. The first-order valence-corrected chi connectivity index (χ1v) is 12.7. The lowest BCUT2D eigenvalue weighted by molar-refractivity contribution is 0.148. The fourth-order valence-electron chi connectivity index (χ4n) is 4.72. The molecule has 1 saturated heterocycles. The fourth-order valence-corrected chi connectivity index (χ4v) is 5.73. The SMILES string of the molecule is CN1CCN(Cc2ccc(-c3cc4c(Nc5cccc6[nH]ccc56)c(C#N)cnc4s3)cc2)CC1. The van der Waals surface area contributed by atoms with Gasteiger partial charge in [-0.25, -0.2) is 4.98 Å². The predicted octanol–water partition coefficient (Wildman–Crippen LogP) is 5.81. The molecule has 0 spiro atoms. The molecule has 4 heterocycles. The van der Waals surface area contributed by atoms with Crippen LogP contribution >= 0.6 is 11.3 Å². The number of aromatic nitrogens is 2. The lowest BCUT2D eigenvalue weighted by Gasteiger charge is -2.32. The van der Waals surface area contributed by atoms with E-state index in [4.69, 9.17) is 0 Å². The minimum absolute atomic E-state index is 0.539. The Kier molecular flexibility index (Phi) is 5.71. The van der Waals surface area contributed by atoms with Crippen LogP contribution in [-0.4, -0.2) is 53.0 Å². The lowest BCUT2D eigenvalue weighted by atomic mass is 10.1. The summed E-state index contributed by atoms with van der Waals surface area (Å²) in [6, 6.07) is 21.5. The van der Waals surface area contributed by atoms with Crippen molar-refractivity contribution >= 4 is 43.8 Å². The molecule has 0 atom stereocenters. The van der Waals surface area contributed by atoms with Gasteiger partial charge in [0, 0.05) is 72.0 Å². The third-order valence-electron chi connectivity index (χ3n) is 6.78. The van der Waals surface area contributed by atoms with E-state index >= 15 is 0 Å². The van der Waals surface area contributed by atoms with Gasteiger partial charge in [-0.3, -0.25) is 4.90 Å². The smallest absolute Gasteiger partial charge is 0.126 e. The molecule has 2 N–H and O–H groups in total. The van der Waals surface area contributed by atoms with E-state index in [0.29, 0.717) is 5.56 Å². The maximum absolute atomic E-state index is 9.79. The van der Waals surface area contributed by atoms with Crippen LogP contribution < -0.4 is 5.32 Å². The summed E-state index contributed by atoms with van der Waals surface area (Å²) in [5, 5.41) is 15.4. The van der Waals surface area contributed by atoms with Crippen LogP contribution in [0.5, 0.6) is 0 Å². The second-order valence-electron chi connectivity index (χ2n) is 9.13. The van der Waals surface area contributed by atoms with Gasteiger partial charge in [-0.2, -0.15) is 5.26 Å². The standard InChI is InChI=1S/C28H26N6S/c1-33-11-13-34(14-12-33)18-19-5-7-20(8-6-19)26-15-23-27(21(16-29)17-31-28(23)35-26)32-25-4-2-3-24-22(25)9-10-30-24/h2-10,15,17,30H,11-14,18H2,1H3,(H,31,32). The highest BCUT2D eigenvalue weighted by Crippen LogP contribution is 2.39. The Morgan fingerprint density at radius 1 is 1.06 bits per heavy atom. The molecule has 1 aliphatic heterocycles. The topological polar surface area (TPSA) is 71.0 Å². The maximum atomic E-state index is 9.79. The number of H-pyrrole nitrogens is 1. The molecule has 1 fully saturated rings. The molecular formula is C28H26N6S. The lowest BCUT2D eigenvalue weighted by Crippen LogP contribution is -2.43. The van der Waals surface area contributed by atoms with Crippen LogP contribution in [0.2, 0.25) is 0 Å². The Labute approximate surface area is 208 Å². The van der Waals surface area contributed by atoms with E-state index in [0.717, 1.165) is 70.1 Å². The highest BCUT2D eigenvalue weighted by Gasteiger charge is 2.16. The van der Waals surface area contributed by atoms with Crippen molar-refractivity contribution in [2.75, 3.05) is 38.5 Å². The number of aromatic amines is 1. The Morgan fingerprint density at radius 2 is 1.89 bits per heavy atom. The number of fused-ring (bicyclic) bond motifs is 2. The number of benzene rings is 2. The Hall–Kier alpha value is -3.70. The van der Waals surface area contributed by atoms with Gasteiger partial charge < -0.3 is 15.2 Å². The summed E-state index contributed by atoms with van der Waals surface area (Å²) in [5.41, 5.74) is 5.88. The van der Waals surface area contributed by atoms with E-state index < -0.39 is 0 Å². The molecule has 0 aliphatic carbocycles. The number of pyridine rings is 1. The molecule has 6 nitrogen and oxygen atoms in total. The molecule has 3 aromatic heterocycles. The summed E-state index contributed by atoms with van der Waals surface area (Å²) >= 11 is 1.66. The van der Waals surface area contributed by atoms with Gasteiger partial charge in [0.1, 0.15) is 10.9 Å². The Balaban J connectivity index is 1.30. The van der Waals surface area contributed by atoms with Crippen molar-refractivity contribution in [3.63, 3.8) is 0 Å². The molecule has 0 saturated carbocycles. The van der Waals surface area contributed by atoms with E-state index in [1.54, 1.807) is 17.5 Å². The van der Waals surface area contributed by atoms with Crippen LogP contribution in [0.3, 0.4) is 0 Å². The van der Waals surface area contributed by atoms with Gasteiger partial charge in [-0.15, -0.1) is 11.3 Å². The monoisotopic (exact) mass is 478 g/mol. The molecule has 35 heavy (non-hydrogen) atoms. The average molecular weight is 479 g/mol. The fraction of sp³-hybridized carbons (Fsp3) is 0.214.